The van der Waals surface area contributed by atoms with Gasteiger partial charge in [0.2, 0.25) is 0 Å². The van der Waals surface area contributed by atoms with Crippen LogP contribution in [0.2, 0.25) is 0 Å². The summed E-state index contributed by atoms with van der Waals surface area (Å²) in [7, 11) is 0. The van der Waals surface area contributed by atoms with E-state index in [1.165, 1.54) is 0 Å². The Hall–Kier alpha value is -1.40. The molecule has 130 valence electrons. The van der Waals surface area contributed by atoms with E-state index < -0.39 is 0 Å². The van der Waals surface area contributed by atoms with E-state index in [0.29, 0.717) is 12.1 Å². The molecule has 1 amide bonds. The molecule has 1 saturated heterocycles. The first kappa shape index (κ1) is 17.9. The molecule has 0 atom stereocenters. The van der Waals surface area contributed by atoms with Crippen LogP contribution in [0, 0.1) is 0 Å². The van der Waals surface area contributed by atoms with Crippen molar-refractivity contribution < 1.29 is 4.79 Å². The topological polar surface area (TPSA) is 62.2 Å². The molecule has 1 aromatic heterocycles. The normalized spacial score (nSPS) is 16.5. The Morgan fingerprint density at radius 2 is 2.04 bits per heavy atom. The minimum Gasteiger partial charge on any atom is -0.352 e. The van der Waals surface area contributed by atoms with E-state index in [1.54, 1.807) is 6.20 Å². The van der Waals surface area contributed by atoms with Crippen LogP contribution >= 0.6 is 0 Å². The van der Waals surface area contributed by atoms with Crippen LogP contribution in [-0.4, -0.2) is 59.9 Å². The first-order chi connectivity index (χ1) is 10.9. The average Bonchev–Trinajstić information content (AvgIpc) is 2.96. The van der Waals surface area contributed by atoms with Crippen molar-refractivity contribution in [3.8, 4) is 0 Å². The summed E-state index contributed by atoms with van der Waals surface area (Å²) < 4.78 is 1.96. The molecule has 0 aliphatic carbocycles. The number of rotatable bonds is 6. The molecular weight excluding hydrogens is 290 g/mol. The monoisotopic (exact) mass is 321 g/mol. The third-order valence-corrected chi connectivity index (χ3v) is 4.23. The molecule has 1 fully saturated rings. The predicted molar refractivity (Wildman–Crippen MR) is 92.9 cm³/mol. The quantitative estimate of drug-likeness (QED) is 0.774. The summed E-state index contributed by atoms with van der Waals surface area (Å²) in [5.41, 5.74) is 1.62. The van der Waals surface area contributed by atoms with Crippen LogP contribution in [0.4, 0.5) is 0 Å². The lowest BCUT2D eigenvalue weighted by molar-refractivity contribution is 0.0950. The second kappa shape index (κ2) is 7.93. The Labute approximate surface area is 139 Å². The highest BCUT2D eigenvalue weighted by atomic mass is 16.1. The second-order valence-corrected chi connectivity index (χ2v) is 7.14. The average molecular weight is 321 g/mol. The van der Waals surface area contributed by atoms with Gasteiger partial charge in [0.1, 0.15) is 0 Å². The number of amides is 1. The van der Waals surface area contributed by atoms with E-state index in [4.69, 9.17) is 0 Å². The van der Waals surface area contributed by atoms with Crippen molar-refractivity contribution in [2.75, 3.05) is 39.3 Å². The van der Waals surface area contributed by atoms with E-state index >= 15 is 0 Å². The van der Waals surface area contributed by atoms with Crippen molar-refractivity contribution in [1.82, 2.24) is 25.3 Å². The lowest BCUT2D eigenvalue weighted by Gasteiger charge is -2.27. The summed E-state index contributed by atoms with van der Waals surface area (Å²) in [6, 6.07) is 0. The molecular formula is C17H31N5O. The van der Waals surface area contributed by atoms with Crippen LogP contribution < -0.4 is 10.6 Å². The number of aromatic nitrogens is 2. The predicted octanol–water partition coefficient (Wildman–Crippen LogP) is 1.23. The number of hydrogen-bond acceptors (Lipinski definition) is 4. The van der Waals surface area contributed by atoms with Crippen molar-refractivity contribution in [2.45, 2.75) is 46.1 Å². The summed E-state index contributed by atoms with van der Waals surface area (Å²) in [6.07, 6.45) is 3.50. The van der Waals surface area contributed by atoms with Crippen LogP contribution in [-0.2, 0) is 12.0 Å². The fourth-order valence-corrected chi connectivity index (χ4v) is 3.02. The van der Waals surface area contributed by atoms with E-state index in [0.717, 1.165) is 51.3 Å². The Kier molecular flexibility index (Phi) is 6.18. The summed E-state index contributed by atoms with van der Waals surface area (Å²) in [6.45, 7) is 14.5. The molecule has 2 N–H and O–H groups in total. The minimum atomic E-state index is -0.105. The van der Waals surface area contributed by atoms with Crippen molar-refractivity contribution in [2.24, 2.45) is 0 Å². The maximum absolute atomic E-state index is 12.4. The highest BCUT2D eigenvalue weighted by Crippen LogP contribution is 2.19. The molecule has 0 radical (unpaired) electrons. The van der Waals surface area contributed by atoms with Gasteiger partial charge >= 0.3 is 0 Å². The van der Waals surface area contributed by atoms with Crippen LogP contribution in [0.25, 0.3) is 0 Å². The standard InChI is InChI=1S/C17H31N5O/c1-5-15-14(13-20-22(15)17(2,3)4)16(23)19-7-6-10-21-11-8-18-9-12-21/h13,18H,5-12H2,1-4H3,(H,19,23). The first-order valence-corrected chi connectivity index (χ1v) is 8.72. The molecule has 6 heteroatoms. The number of carbonyl (C=O) groups is 1. The molecule has 1 aliphatic heterocycles. The Morgan fingerprint density at radius 1 is 1.35 bits per heavy atom. The zero-order chi connectivity index (χ0) is 16.9. The number of hydrogen-bond donors (Lipinski definition) is 2. The first-order valence-electron chi connectivity index (χ1n) is 8.72. The smallest absolute Gasteiger partial charge is 0.254 e. The van der Waals surface area contributed by atoms with Crippen molar-refractivity contribution in [3.63, 3.8) is 0 Å². The van der Waals surface area contributed by atoms with E-state index in [1.807, 2.05) is 4.68 Å². The Bertz CT molecular complexity index is 512. The van der Waals surface area contributed by atoms with E-state index in [2.05, 4.69) is 48.3 Å². The number of carbonyl (C=O) groups excluding carboxylic acids is 1. The lowest BCUT2D eigenvalue weighted by atomic mass is 10.1. The highest BCUT2D eigenvalue weighted by Gasteiger charge is 2.22. The third-order valence-electron chi connectivity index (χ3n) is 4.23. The fraction of sp³-hybridized carbons (Fsp3) is 0.765. The van der Waals surface area contributed by atoms with Crippen molar-refractivity contribution in [3.05, 3.63) is 17.5 Å². The number of piperazine rings is 1. The van der Waals surface area contributed by atoms with E-state index in [9.17, 15) is 4.79 Å². The SMILES string of the molecule is CCc1c(C(=O)NCCCN2CCNCC2)cnn1C(C)(C)C. The molecule has 0 unspecified atom stereocenters. The number of nitrogens with zero attached hydrogens (tertiary/aromatic N) is 3. The molecule has 2 rings (SSSR count). The van der Waals surface area contributed by atoms with Gasteiger partial charge in [0.05, 0.1) is 23.0 Å². The van der Waals surface area contributed by atoms with Crippen LogP contribution in [0.3, 0.4) is 0 Å². The molecule has 0 bridgehead atoms. The second-order valence-electron chi connectivity index (χ2n) is 7.14. The third kappa shape index (κ3) is 4.78. The molecule has 1 aromatic rings. The fourth-order valence-electron chi connectivity index (χ4n) is 3.02. The van der Waals surface area contributed by atoms with E-state index in [-0.39, 0.29) is 11.4 Å². The van der Waals surface area contributed by atoms with Gasteiger partial charge in [-0.3, -0.25) is 9.48 Å². The summed E-state index contributed by atoms with van der Waals surface area (Å²) in [5.74, 6) is -0.00217. The zero-order valence-electron chi connectivity index (χ0n) is 15.0. The highest BCUT2D eigenvalue weighted by molar-refractivity contribution is 5.95. The maximum Gasteiger partial charge on any atom is 0.254 e. The summed E-state index contributed by atoms with van der Waals surface area (Å²) >= 11 is 0. The van der Waals surface area contributed by atoms with Gasteiger partial charge in [-0.2, -0.15) is 5.10 Å². The molecule has 1 aliphatic rings. The summed E-state index contributed by atoms with van der Waals surface area (Å²) in [4.78, 5) is 14.9. The lowest BCUT2D eigenvalue weighted by Crippen LogP contribution is -2.44. The van der Waals surface area contributed by atoms with Gasteiger partial charge < -0.3 is 15.5 Å². The van der Waals surface area contributed by atoms with Gasteiger partial charge in [0.15, 0.2) is 0 Å². The molecule has 0 saturated carbocycles. The molecule has 0 spiro atoms. The molecule has 6 nitrogen and oxygen atoms in total. The van der Waals surface area contributed by atoms with Crippen molar-refractivity contribution in [1.29, 1.82) is 0 Å². The zero-order valence-corrected chi connectivity index (χ0v) is 15.0. The molecule has 2 heterocycles. The van der Waals surface area contributed by atoms with Crippen LogP contribution in [0.5, 0.6) is 0 Å². The van der Waals surface area contributed by atoms with Crippen molar-refractivity contribution >= 4 is 5.91 Å². The van der Waals surface area contributed by atoms with Gasteiger partial charge in [0.25, 0.3) is 5.91 Å². The van der Waals surface area contributed by atoms with Gasteiger partial charge in [-0.25, -0.2) is 0 Å². The Balaban J connectivity index is 1.84. The van der Waals surface area contributed by atoms with Crippen LogP contribution in [0.1, 0.15) is 50.2 Å². The van der Waals surface area contributed by atoms with Gasteiger partial charge in [-0.1, -0.05) is 6.92 Å². The number of nitrogens with one attached hydrogen (secondary N) is 2. The minimum absolute atomic E-state index is 0.00217. The van der Waals surface area contributed by atoms with Gasteiger partial charge in [-0.05, 0) is 40.2 Å². The van der Waals surface area contributed by atoms with Crippen LogP contribution in [0.15, 0.2) is 6.20 Å². The molecule has 23 heavy (non-hydrogen) atoms. The largest absolute Gasteiger partial charge is 0.352 e. The van der Waals surface area contributed by atoms with Gasteiger partial charge in [0, 0.05) is 32.7 Å². The molecule has 0 aromatic carbocycles. The van der Waals surface area contributed by atoms with Gasteiger partial charge in [-0.15, -0.1) is 0 Å². The summed E-state index contributed by atoms with van der Waals surface area (Å²) in [5, 5.41) is 10.8. The Morgan fingerprint density at radius 3 is 2.65 bits per heavy atom. The maximum atomic E-state index is 12.4.